The van der Waals surface area contributed by atoms with Gasteiger partial charge < -0.3 is 45.3 Å². The van der Waals surface area contributed by atoms with Crippen LogP contribution in [0.15, 0.2) is 17.8 Å². The van der Waals surface area contributed by atoms with Crippen LogP contribution in [0.5, 0.6) is 0 Å². The van der Waals surface area contributed by atoms with Gasteiger partial charge >= 0.3 is 5.97 Å². The lowest BCUT2D eigenvalue weighted by atomic mass is 9.33. The van der Waals surface area contributed by atoms with E-state index >= 15 is 0 Å². The van der Waals surface area contributed by atoms with Gasteiger partial charge in [0.05, 0.1) is 50.1 Å². The molecule has 0 aromatic carbocycles. The van der Waals surface area contributed by atoms with Crippen LogP contribution in [0.2, 0.25) is 0 Å². The summed E-state index contributed by atoms with van der Waals surface area (Å²) in [5.74, 6) is -1.59. The summed E-state index contributed by atoms with van der Waals surface area (Å²) < 4.78 is 17.4. The Bertz CT molecular complexity index is 1870. The van der Waals surface area contributed by atoms with Gasteiger partial charge in [-0.3, -0.25) is 9.59 Å². The lowest BCUT2D eigenvalue weighted by Gasteiger charge is -2.71. The number of nitrogens with one attached hydrogen (secondary N) is 2. The van der Waals surface area contributed by atoms with Gasteiger partial charge in [-0.15, -0.1) is 5.10 Å². The molecule has 1 aromatic heterocycles. The highest BCUT2D eigenvalue weighted by molar-refractivity contribution is 5.84. The van der Waals surface area contributed by atoms with Gasteiger partial charge in [0.15, 0.2) is 0 Å². The number of methoxy groups -OCH3 is 2. The normalized spacial score (nSPS) is 43.8. The molecule has 1 saturated heterocycles. The van der Waals surface area contributed by atoms with E-state index in [1.54, 1.807) is 6.20 Å². The van der Waals surface area contributed by atoms with Crippen molar-refractivity contribution in [2.45, 2.75) is 175 Å². The predicted octanol–water partition coefficient (Wildman–Crippen LogP) is 3.80. The minimum atomic E-state index is -2.08. The number of aromatic nitrogens is 3. The first kappa shape index (κ1) is 46.1. The standard InChI is InChI=1S/C46H73N5O10/c1-25-13-18-45(20-19-43(7)29(35(45)26(25)2)11-12-33-42(6)16-15-34(55)41(4,5)32(42)14-17-44(33,43)8)39(57)47-22-28-23-51(50-49-28)24-31(54)37(56)38-36(48-27(3)52)30(53)21-46(60-10,61-38)40(58)59-9/h11,23,25-26,30-38,53-56H,12-22,24H2,1-10H3,(H,47,57)(H,48,52)/t25-,26+,30+,31-,32+,33-,34+,35+,36-,37-,38-,42+,43-,44-,45+,46-/m1/s1. The Kier molecular flexibility index (Phi) is 12.3. The molecular formula is C46H73N5O10. The predicted molar refractivity (Wildman–Crippen MR) is 224 cm³/mol. The van der Waals surface area contributed by atoms with E-state index < -0.39 is 53.5 Å². The number of fused-ring (bicyclic) bond motifs is 7. The first-order valence-electron chi connectivity index (χ1n) is 22.7. The number of rotatable bonds is 10. The number of amides is 2. The molecular weight excluding hydrogens is 783 g/mol. The van der Waals surface area contributed by atoms with Crippen LogP contribution in [0.1, 0.15) is 125 Å². The molecule has 15 nitrogen and oxygen atoms in total. The van der Waals surface area contributed by atoms with Gasteiger partial charge in [-0.05, 0) is 109 Å². The number of aliphatic hydroxyl groups excluding tert-OH is 4. The zero-order valence-electron chi connectivity index (χ0n) is 38.1. The minimum absolute atomic E-state index is 0.0365. The summed E-state index contributed by atoms with van der Waals surface area (Å²) >= 11 is 0. The SMILES string of the molecule is COC(=O)[C@@]1(OC)C[C@H](O)[C@@H](NC(C)=O)[C@H]([C@H](O)[C@H](O)Cn2cc(CNC(=O)[C@]34CC[C@@H](C)[C@H](C)[C@H]3C3=CC[C@@H]5[C@@]6(C)CC[C@H](O)C(C)(C)[C@@H]6CC[C@@]5(C)[C@]3(C)CC4)nn2)O1. The Morgan fingerprint density at radius 1 is 0.984 bits per heavy atom. The number of ether oxygens (including phenoxy) is 3. The third-order valence-electron chi connectivity index (χ3n) is 18.3. The van der Waals surface area contributed by atoms with Crippen LogP contribution in [-0.4, -0.2) is 110 Å². The maximum absolute atomic E-state index is 14.8. The molecule has 7 rings (SSSR count). The monoisotopic (exact) mass is 856 g/mol. The number of nitrogens with zero attached hydrogens (tertiary/aromatic N) is 3. The Morgan fingerprint density at radius 3 is 2.38 bits per heavy atom. The fourth-order valence-corrected chi connectivity index (χ4v) is 14.4. The van der Waals surface area contributed by atoms with Crippen molar-refractivity contribution in [1.29, 1.82) is 0 Å². The molecule has 2 amide bonds. The fourth-order valence-electron chi connectivity index (χ4n) is 14.4. The molecule has 342 valence electrons. The van der Waals surface area contributed by atoms with E-state index in [-0.39, 0.29) is 59.1 Å². The van der Waals surface area contributed by atoms with Gasteiger partial charge in [0.1, 0.15) is 24.0 Å². The van der Waals surface area contributed by atoms with E-state index in [4.69, 9.17) is 14.2 Å². The van der Waals surface area contributed by atoms with Gasteiger partial charge in [0.2, 0.25) is 11.8 Å². The topological polar surface area (TPSA) is 215 Å². The lowest BCUT2D eigenvalue weighted by Crippen LogP contribution is -2.67. The van der Waals surface area contributed by atoms with E-state index in [9.17, 15) is 34.8 Å². The molecule has 2 heterocycles. The molecule has 1 aliphatic heterocycles. The number of allylic oxidation sites excluding steroid dienone is 2. The summed E-state index contributed by atoms with van der Waals surface area (Å²) in [6, 6.07) is -1.19. The second-order valence-electron chi connectivity index (χ2n) is 21.4. The first-order valence-corrected chi connectivity index (χ1v) is 22.7. The number of carbonyl (C=O) groups excluding carboxylic acids is 3. The van der Waals surface area contributed by atoms with Crippen molar-refractivity contribution < 1.29 is 49.0 Å². The molecule has 5 fully saturated rings. The minimum Gasteiger partial charge on any atom is -0.465 e. The van der Waals surface area contributed by atoms with Crippen LogP contribution in [0.3, 0.4) is 0 Å². The lowest BCUT2D eigenvalue weighted by molar-refractivity contribution is -0.304. The van der Waals surface area contributed by atoms with Crippen molar-refractivity contribution in [3.63, 3.8) is 0 Å². The van der Waals surface area contributed by atoms with Crippen molar-refractivity contribution in [2.24, 2.45) is 56.7 Å². The smallest absolute Gasteiger partial charge is 0.366 e. The molecule has 0 radical (unpaired) electrons. The summed E-state index contributed by atoms with van der Waals surface area (Å²) in [5, 5.41) is 58.9. The van der Waals surface area contributed by atoms with E-state index in [1.165, 1.54) is 24.3 Å². The second kappa shape index (κ2) is 16.2. The van der Waals surface area contributed by atoms with Crippen LogP contribution in [0.4, 0.5) is 0 Å². The highest BCUT2D eigenvalue weighted by Crippen LogP contribution is 2.75. The number of aliphatic hydroxyl groups is 4. The maximum atomic E-state index is 14.8. The quantitative estimate of drug-likeness (QED) is 0.147. The highest BCUT2D eigenvalue weighted by Gasteiger charge is 2.69. The molecule has 6 N–H and O–H groups in total. The van der Waals surface area contributed by atoms with Gasteiger partial charge in [0.25, 0.3) is 5.79 Å². The highest BCUT2D eigenvalue weighted by atomic mass is 16.7. The molecule has 0 unspecified atom stereocenters. The number of hydrogen-bond acceptors (Lipinski definition) is 12. The van der Waals surface area contributed by atoms with Crippen molar-refractivity contribution in [3.05, 3.63) is 23.5 Å². The van der Waals surface area contributed by atoms with Crippen LogP contribution in [-0.2, 0) is 41.7 Å². The van der Waals surface area contributed by atoms with Gasteiger partial charge in [-0.1, -0.05) is 65.3 Å². The molecule has 0 bridgehead atoms. The molecule has 6 aliphatic rings. The summed E-state index contributed by atoms with van der Waals surface area (Å²) in [6.07, 6.45) is 6.11. The third-order valence-corrected chi connectivity index (χ3v) is 18.3. The Balaban J connectivity index is 1.07. The van der Waals surface area contributed by atoms with Crippen LogP contribution < -0.4 is 10.6 Å². The number of hydrogen-bond donors (Lipinski definition) is 6. The summed E-state index contributed by atoms with van der Waals surface area (Å²) in [6.45, 7) is 18.0. The van der Waals surface area contributed by atoms with Gasteiger partial charge in [-0.2, -0.15) is 0 Å². The third kappa shape index (κ3) is 7.19. The summed E-state index contributed by atoms with van der Waals surface area (Å²) in [4.78, 5) is 39.5. The Morgan fingerprint density at radius 2 is 1.70 bits per heavy atom. The average molecular weight is 856 g/mol. The van der Waals surface area contributed by atoms with Gasteiger partial charge in [-0.25, -0.2) is 9.48 Å². The number of esters is 1. The molecule has 61 heavy (non-hydrogen) atoms. The fraction of sp³-hybridized carbons (Fsp3) is 0.848. The maximum Gasteiger partial charge on any atom is 0.366 e. The molecule has 0 spiro atoms. The van der Waals surface area contributed by atoms with E-state index in [1.807, 2.05) is 0 Å². The Hall–Kier alpha value is -2.95. The van der Waals surface area contributed by atoms with Crippen molar-refractivity contribution >= 4 is 17.8 Å². The van der Waals surface area contributed by atoms with Crippen LogP contribution >= 0.6 is 0 Å². The van der Waals surface area contributed by atoms with Gasteiger partial charge in [0, 0.05) is 20.5 Å². The molecule has 16 atom stereocenters. The molecule has 4 saturated carbocycles. The van der Waals surface area contributed by atoms with Crippen LogP contribution in [0, 0.1) is 56.7 Å². The van der Waals surface area contributed by atoms with E-state index in [0.717, 1.165) is 64.9 Å². The second-order valence-corrected chi connectivity index (χ2v) is 21.4. The molecule has 15 heteroatoms. The van der Waals surface area contributed by atoms with Crippen molar-refractivity contribution in [2.75, 3.05) is 14.2 Å². The van der Waals surface area contributed by atoms with Crippen LogP contribution in [0.25, 0.3) is 0 Å². The van der Waals surface area contributed by atoms with Crippen molar-refractivity contribution in [1.82, 2.24) is 25.6 Å². The zero-order valence-corrected chi connectivity index (χ0v) is 38.1. The Labute approximate surface area is 361 Å². The first-order chi connectivity index (χ1) is 28.5. The molecule has 5 aliphatic carbocycles. The molecule has 1 aromatic rings. The van der Waals surface area contributed by atoms with E-state index in [0.29, 0.717) is 29.4 Å². The summed E-state index contributed by atoms with van der Waals surface area (Å²) in [7, 11) is 2.32. The number of carbonyl (C=O) groups is 3. The van der Waals surface area contributed by atoms with E-state index in [2.05, 4.69) is 75.5 Å². The van der Waals surface area contributed by atoms with Crippen molar-refractivity contribution in [3.8, 4) is 0 Å². The summed E-state index contributed by atoms with van der Waals surface area (Å²) in [5.41, 5.74) is 1.50. The zero-order chi connectivity index (χ0) is 44.7. The largest absolute Gasteiger partial charge is 0.465 e. The average Bonchev–Trinajstić information content (AvgIpc) is 3.66.